The lowest BCUT2D eigenvalue weighted by molar-refractivity contribution is 0.350. The molecule has 0 aliphatic rings. The zero-order valence-corrected chi connectivity index (χ0v) is 8.62. The lowest BCUT2D eigenvalue weighted by Gasteiger charge is -2.08. The Labute approximate surface area is 85.2 Å². The number of aliphatic hydroxyl groups excluding tert-OH is 1. The van der Waals surface area contributed by atoms with Crippen molar-refractivity contribution in [1.29, 1.82) is 0 Å². The fraction of sp³-hybridized carbons (Fsp3) is 0.333. The van der Waals surface area contributed by atoms with Gasteiger partial charge < -0.3 is 10.0 Å². The number of hydrogen-bond acceptors (Lipinski definition) is 2. The zero-order chi connectivity index (χ0) is 10.4. The summed E-state index contributed by atoms with van der Waals surface area (Å²) >= 11 is 0. The first-order valence-corrected chi connectivity index (χ1v) is 4.56. The quantitative estimate of drug-likeness (QED) is 0.704. The Hall–Kier alpha value is -1.30. The second kappa shape index (κ2) is 5.43. The number of aliphatic hydroxyl groups is 1. The van der Waals surface area contributed by atoms with Crippen LogP contribution in [0.5, 0.6) is 0 Å². The average Bonchev–Trinajstić information content (AvgIpc) is 2.16. The van der Waals surface area contributed by atoms with Gasteiger partial charge in [-0.1, -0.05) is 24.0 Å². The lowest BCUT2D eigenvalue weighted by atomic mass is 10.1. The molecule has 0 saturated heterocycles. The maximum atomic E-state index is 8.52. The van der Waals surface area contributed by atoms with Crippen molar-refractivity contribution in [3.63, 3.8) is 0 Å². The van der Waals surface area contributed by atoms with E-state index in [1.807, 2.05) is 26.2 Å². The van der Waals surface area contributed by atoms with Crippen molar-refractivity contribution in [2.75, 3.05) is 20.7 Å². The molecule has 1 N–H and O–H groups in total. The molecule has 0 fully saturated rings. The largest absolute Gasteiger partial charge is 0.384 e. The topological polar surface area (TPSA) is 23.5 Å². The maximum absolute atomic E-state index is 8.52. The molecule has 0 heterocycles. The van der Waals surface area contributed by atoms with Crippen molar-refractivity contribution in [1.82, 2.24) is 4.90 Å². The predicted molar refractivity (Wildman–Crippen MR) is 57.8 cm³/mol. The van der Waals surface area contributed by atoms with Gasteiger partial charge in [-0.2, -0.15) is 0 Å². The zero-order valence-electron chi connectivity index (χ0n) is 8.62. The van der Waals surface area contributed by atoms with Gasteiger partial charge in [-0.3, -0.25) is 0 Å². The molecule has 0 atom stereocenters. The van der Waals surface area contributed by atoms with E-state index in [9.17, 15) is 0 Å². The van der Waals surface area contributed by atoms with E-state index < -0.39 is 0 Å². The first-order chi connectivity index (χ1) is 6.72. The first-order valence-electron chi connectivity index (χ1n) is 4.56. The van der Waals surface area contributed by atoms with Gasteiger partial charge in [0, 0.05) is 12.1 Å². The Morgan fingerprint density at radius 2 is 1.86 bits per heavy atom. The highest BCUT2D eigenvalue weighted by molar-refractivity contribution is 5.36. The minimum Gasteiger partial charge on any atom is -0.384 e. The Bertz CT molecular complexity index is 330. The standard InChI is InChI=1S/C12H15NO/c1-13(2)10-12-7-5-11(6-8-12)4-3-9-14/h5-8,14H,9-10H2,1-2H3. The second-order valence-electron chi connectivity index (χ2n) is 3.39. The normalized spacial score (nSPS) is 9.71. The summed E-state index contributed by atoms with van der Waals surface area (Å²) in [6.07, 6.45) is 0. The van der Waals surface area contributed by atoms with Crippen LogP contribution in [-0.2, 0) is 6.54 Å². The van der Waals surface area contributed by atoms with E-state index in [4.69, 9.17) is 5.11 Å². The van der Waals surface area contributed by atoms with E-state index in [1.165, 1.54) is 5.56 Å². The maximum Gasteiger partial charge on any atom is 0.104 e. The van der Waals surface area contributed by atoms with Crippen LogP contribution in [0.3, 0.4) is 0 Å². The fourth-order valence-electron chi connectivity index (χ4n) is 1.20. The van der Waals surface area contributed by atoms with E-state index in [0.29, 0.717) is 0 Å². The van der Waals surface area contributed by atoms with Crippen LogP contribution in [0, 0.1) is 11.8 Å². The van der Waals surface area contributed by atoms with Crippen LogP contribution in [-0.4, -0.2) is 30.7 Å². The second-order valence-corrected chi connectivity index (χ2v) is 3.39. The molecule has 0 aromatic heterocycles. The highest BCUT2D eigenvalue weighted by Crippen LogP contribution is 2.04. The highest BCUT2D eigenvalue weighted by atomic mass is 16.2. The van der Waals surface area contributed by atoms with Crippen LogP contribution in [0.4, 0.5) is 0 Å². The molecule has 0 unspecified atom stereocenters. The Kier molecular flexibility index (Phi) is 4.18. The van der Waals surface area contributed by atoms with E-state index >= 15 is 0 Å². The molecule has 1 rings (SSSR count). The van der Waals surface area contributed by atoms with Gasteiger partial charge in [-0.25, -0.2) is 0 Å². The number of nitrogens with zero attached hydrogens (tertiary/aromatic N) is 1. The van der Waals surface area contributed by atoms with Gasteiger partial charge >= 0.3 is 0 Å². The minimum atomic E-state index is -0.0839. The smallest absolute Gasteiger partial charge is 0.104 e. The summed E-state index contributed by atoms with van der Waals surface area (Å²) in [5.74, 6) is 5.48. The van der Waals surface area contributed by atoms with Gasteiger partial charge in [0.15, 0.2) is 0 Å². The molecule has 1 aromatic rings. The van der Waals surface area contributed by atoms with Crippen molar-refractivity contribution in [2.45, 2.75) is 6.54 Å². The average molecular weight is 189 g/mol. The number of benzene rings is 1. The van der Waals surface area contributed by atoms with Crippen LogP contribution in [0.1, 0.15) is 11.1 Å². The molecule has 0 spiro atoms. The van der Waals surface area contributed by atoms with E-state index in [-0.39, 0.29) is 6.61 Å². The van der Waals surface area contributed by atoms with Gasteiger partial charge in [-0.15, -0.1) is 0 Å². The molecule has 14 heavy (non-hydrogen) atoms. The fourth-order valence-corrected chi connectivity index (χ4v) is 1.20. The molecule has 1 aromatic carbocycles. The van der Waals surface area contributed by atoms with Gasteiger partial charge in [0.2, 0.25) is 0 Å². The molecular formula is C12H15NO. The van der Waals surface area contributed by atoms with E-state index in [1.54, 1.807) is 0 Å². The summed E-state index contributed by atoms with van der Waals surface area (Å²) in [6, 6.07) is 8.06. The summed E-state index contributed by atoms with van der Waals surface area (Å²) in [7, 11) is 4.08. The summed E-state index contributed by atoms with van der Waals surface area (Å²) in [5.41, 5.74) is 2.21. The molecule has 0 aliphatic carbocycles. The van der Waals surface area contributed by atoms with Crippen molar-refractivity contribution in [3.8, 4) is 11.8 Å². The lowest BCUT2D eigenvalue weighted by Crippen LogP contribution is -2.10. The van der Waals surface area contributed by atoms with Crippen molar-refractivity contribution < 1.29 is 5.11 Å². The third-order valence-electron chi connectivity index (χ3n) is 1.76. The van der Waals surface area contributed by atoms with Gasteiger partial charge in [-0.05, 0) is 31.8 Å². The Morgan fingerprint density at radius 1 is 1.21 bits per heavy atom. The van der Waals surface area contributed by atoms with Crippen molar-refractivity contribution in [2.24, 2.45) is 0 Å². The van der Waals surface area contributed by atoms with Gasteiger partial charge in [0.25, 0.3) is 0 Å². The van der Waals surface area contributed by atoms with Crippen LogP contribution < -0.4 is 0 Å². The van der Waals surface area contributed by atoms with Crippen molar-refractivity contribution in [3.05, 3.63) is 35.4 Å². The molecule has 2 nitrogen and oxygen atoms in total. The molecule has 0 aliphatic heterocycles. The minimum absolute atomic E-state index is 0.0839. The monoisotopic (exact) mass is 189 g/mol. The molecule has 0 amide bonds. The molecular weight excluding hydrogens is 174 g/mol. The third kappa shape index (κ3) is 3.61. The SMILES string of the molecule is CN(C)Cc1ccc(C#CCO)cc1. The van der Waals surface area contributed by atoms with Crippen LogP contribution in [0.2, 0.25) is 0 Å². The Balaban J connectivity index is 2.68. The Morgan fingerprint density at radius 3 is 2.36 bits per heavy atom. The molecule has 0 saturated carbocycles. The predicted octanol–water partition coefficient (Wildman–Crippen LogP) is 1.09. The van der Waals surface area contributed by atoms with Gasteiger partial charge in [0.1, 0.15) is 6.61 Å². The summed E-state index contributed by atoms with van der Waals surface area (Å²) < 4.78 is 0. The molecule has 2 heteroatoms. The van der Waals surface area contributed by atoms with Crippen molar-refractivity contribution >= 4 is 0 Å². The summed E-state index contributed by atoms with van der Waals surface area (Å²) in [6.45, 7) is 0.854. The van der Waals surface area contributed by atoms with Crippen LogP contribution in [0.15, 0.2) is 24.3 Å². The van der Waals surface area contributed by atoms with Crippen LogP contribution in [0.25, 0.3) is 0 Å². The molecule has 0 radical (unpaired) electrons. The highest BCUT2D eigenvalue weighted by Gasteiger charge is 1.94. The first kappa shape index (κ1) is 10.8. The molecule has 74 valence electrons. The van der Waals surface area contributed by atoms with Gasteiger partial charge in [0.05, 0.1) is 0 Å². The van der Waals surface area contributed by atoms with E-state index in [2.05, 4.69) is 28.9 Å². The number of rotatable bonds is 2. The summed E-state index contributed by atoms with van der Waals surface area (Å²) in [4.78, 5) is 2.12. The molecule has 0 bridgehead atoms. The summed E-state index contributed by atoms with van der Waals surface area (Å²) in [5, 5.41) is 8.52. The van der Waals surface area contributed by atoms with Crippen LogP contribution >= 0.6 is 0 Å². The number of hydrogen-bond donors (Lipinski definition) is 1. The van der Waals surface area contributed by atoms with E-state index in [0.717, 1.165) is 12.1 Å². The third-order valence-corrected chi connectivity index (χ3v) is 1.76.